The van der Waals surface area contributed by atoms with Crippen molar-refractivity contribution in [2.75, 3.05) is 13.2 Å². The summed E-state index contributed by atoms with van der Waals surface area (Å²) in [5, 5.41) is 52.1. The van der Waals surface area contributed by atoms with Gasteiger partial charge in [-0.25, -0.2) is 0 Å². The molecule has 0 aromatic rings. The highest BCUT2D eigenvalue weighted by atomic mass is 16.4. The van der Waals surface area contributed by atoms with E-state index in [1.54, 1.807) is 0 Å². The highest BCUT2D eigenvalue weighted by Crippen LogP contribution is 2.11. The molecule has 0 spiro atoms. The molecule has 4 atom stereocenters. The third kappa shape index (κ3) is 18.6. The van der Waals surface area contributed by atoms with Crippen LogP contribution in [0.4, 0.5) is 0 Å². The van der Waals surface area contributed by atoms with Crippen molar-refractivity contribution >= 4 is 6.29 Å². The molecule has 0 aromatic heterocycles. The van der Waals surface area contributed by atoms with E-state index in [9.17, 15) is 4.79 Å². The maximum atomic E-state index is 9.90. The quantitative estimate of drug-likeness (QED) is 0.161. The SMILES string of the molecule is CCCCCCCCCCCCCCO.O=C[C@H](O)[C@@H](O)[C@H](O)[C@H](O)CO. The van der Waals surface area contributed by atoms with Gasteiger partial charge in [-0.15, -0.1) is 0 Å². The summed E-state index contributed by atoms with van der Waals surface area (Å²) in [7, 11) is 0. The predicted molar refractivity (Wildman–Crippen MR) is 105 cm³/mol. The molecule has 6 N–H and O–H groups in total. The minimum Gasteiger partial charge on any atom is -0.396 e. The van der Waals surface area contributed by atoms with Crippen LogP contribution in [0.1, 0.15) is 84.0 Å². The summed E-state index contributed by atoms with van der Waals surface area (Å²) < 4.78 is 0. The highest BCUT2D eigenvalue weighted by Gasteiger charge is 2.29. The molecule has 0 aliphatic rings. The average molecular weight is 395 g/mol. The Labute approximate surface area is 164 Å². The minimum absolute atomic E-state index is 0.0258. The smallest absolute Gasteiger partial charge is 0.151 e. The van der Waals surface area contributed by atoms with Crippen LogP contribution in [-0.2, 0) is 4.79 Å². The van der Waals surface area contributed by atoms with Crippen LogP contribution >= 0.6 is 0 Å². The van der Waals surface area contributed by atoms with E-state index in [0.29, 0.717) is 6.61 Å². The molecule has 0 saturated heterocycles. The normalized spacial score (nSPS) is 15.4. The molecule has 0 aliphatic heterocycles. The summed E-state index contributed by atoms with van der Waals surface area (Å²) in [6.45, 7) is 1.88. The van der Waals surface area contributed by atoms with E-state index in [0.717, 1.165) is 6.42 Å². The molecule has 0 aliphatic carbocycles. The van der Waals surface area contributed by atoms with Crippen molar-refractivity contribution in [1.29, 1.82) is 0 Å². The maximum absolute atomic E-state index is 9.90. The third-order valence-corrected chi connectivity index (χ3v) is 4.43. The Hall–Kier alpha value is -0.570. The van der Waals surface area contributed by atoms with Crippen molar-refractivity contribution in [2.45, 2.75) is 108 Å². The molecule has 0 fully saturated rings. The van der Waals surface area contributed by atoms with Crippen molar-refractivity contribution in [2.24, 2.45) is 0 Å². The molecule has 0 unspecified atom stereocenters. The van der Waals surface area contributed by atoms with Crippen LogP contribution in [0.25, 0.3) is 0 Å². The number of aliphatic hydroxyl groups excluding tert-OH is 6. The number of aldehydes is 1. The first-order chi connectivity index (χ1) is 13.0. The van der Waals surface area contributed by atoms with E-state index in [1.165, 1.54) is 70.6 Å². The second-order valence-corrected chi connectivity index (χ2v) is 6.97. The standard InChI is InChI=1S/C14H30O.C6H12O6/c1-2-3-4-5-6-7-8-9-10-11-12-13-14-15;7-1-3(9)5(11)6(12)4(10)2-8/h15H,2-14H2,1H3;1,3-6,8-12H,2H2/t;3-,4+,5+,6+/m.0/s1. The van der Waals surface area contributed by atoms with Crippen LogP contribution in [0.2, 0.25) is 0 Å². The van der Waals surface area contributed by atoms with Crippen molar-refractivity contribution in [1.82, 2.24) is 0 Å². The molecule has 164 valence electrons. The number of carbonyl (C=O) groups is 1. The first-order valence-electron chi connectivity index (χ1n) is 10.3. The molecule has 0 aromatic carbocycles. The largest absolute Gasteiger partial charge is 0.396 e. The van der Waals surface area contributed by atoms with Gasteiger partial charge in [-0.2, -0.15) is 0 Å². The Bertz CT molecular complexity index is 290. The van der Waals surface area contributed by atoms with Gasteiger partial charge >= 0.3 is 0 Å². The van der Waals surface area contributed by atoms with Crippen LogP contribution in [0.15, 0.2) is 0 Å². The fourth-order valence-corrected chi connectivity index (χ4v) is 2.57. The van der Waals surface area contributed by atoms with Gasteiger partial charge in [0, 0.05) is 6.61 Å². The first-order valence-corrected chi connectivity index (χ1v) is 10.3. The predicted octanol–water partition coefficient (Wildman–Crippen LogP) is 1.30. The zero-order chi connectivity index (χ0) is 20.9. The number of rotatable bonds is 17. The molecular weight excluding hydrogens is 352 g/mol. The number of unbranched alkanes of at least 4 members (excludes halogenated alkanes) is 11. The van der Waals surface area contributed by atoms with E-state index in [4.69, 9.17) is 30.6 Å². The second kappa shape index (κ2) is 21.7. The van der Waals surface area contributed by atoms with E-state index in [1.807, 2.05) is 0 Å². The summed E-state index contributed by atoms with van der Waals surface area (Å²) in [6, 6.07) is 0. The van der Waals surface area contributed by atoms with Crippen molar-refractivity contribution in [3.8, 4) is 0 Å². The van der Waals surface area contributed by atoms with Gasteiger partial charge in [-0.1, -0.05) is 77.6 Å². The van der Waals surface area contributed by atoms with Gasteiger partial charge in [0.25, 0.3) is 0 Å². The average Bonchev–Trinajstić information content (AvgIpc) is 2.70. The second-order valence-electron chi connectivity index (χ2n) is 6.97. The molecule has 7 heteroatoms. The van der Waals surface area contributed by atoms with Crippen molar-refractivity contribution in [3.63, 3.8) is 0 Å². The third-order valence-electron chi connectivity index (χ3n) is 4.43. The lowest BCUT2D eigenvalue weighted by atomic mass is 10.0. The number of hydrogen-bond donors (Lipinski definition) is 6. The summed E-state index contributed by atoms with van der Waals surface area (Å²) in [5.74, 6) is 0. The number of aliphatic hydroxyl groups is 6. The Morgan fingerprint density at radius 3 is 1.41 bits per heavy atom. The Morgan fingerprint density at radius 1 is 0.667 bits per heavy atom. The zero-order valence-corrected chi connectivity index (χ0v) is 16.9. The number of hydrogen-bond acceptors (Lipinski definition) is 7. The molecule has 0 bridgehead atoms. The van der Waals surface area contributed by atoms with Crippen LogP contribution in [0, 0.1) is 0 Å². The van der Waals surface area contributed by atoms with Crippen molar-refractivity contribution < 1.29 is 35.4 Å². The molecule has 0 heterocycles. The Kier molecular flexibility index (Phi) is 23.0. The lowest BCUT2D eigenvalue weighted by molar-refractivity contribution is -0.136. The molecule has 0 radical (unpaired) electrons. The van der Waals surface area contributed by atoms with Gasteiger partial charge in [0.1, 0.15) is 24.4 Å². The molecular formula is C20H42O7. The van der Waals surface area contributed by atoms with Crippen LogP contribution in [0.3, 0.4) is 0 Å². The Morgan fingerprint density at radius 2 is 1.07 bits per heavy atom. The summed E-state index contributed by atoms with van der Waals surface area (Å²) in [4.78, 5) is 9.90. The molecule has 7 nitrogen and oxygen atoms in total. The lowest BCUT2D eigenvalue weighted by Gasteiger charge is -2.22. The van der Waals surface area contributed by atoms with E-state index < -0.39 is 31.0 Å². The van der Waals surface area contributed by atoms with E-state index in [2.05, 4.69) is 6.92 Å². The molecule has 0 saturated carbocycles. The molecule has 0 rings (SSSR count). The van der Waals surface area contributed by atoms with E-state index >= 15 is 0 Å². The van der Waals surface area contributed by atoms with Gasteiger partial charge in [0.15, 0.2) is 6.29 Å². The monoisotopic (exact) mass is 394 g/mol. The lowest BCUT2D eigenvalue weighted by Crippen LogP contribution is -2.46. The van der Waals surface area contributed by atoms with Gasteiger partial charge in [0.05, 0.1) is 6.61 Å². The first kappa shape index (κ1) is 28.6. The summed E-state index contributed by atoms with van der Waals surface area (Å²) in [6.07, 6.45) is 9.41. The fourth-order valence-electron chi connectivity index (χ4n) is 2.57. The van der Waals surface area contributed by atoms with Crippen LogP contribution < -0.4 is 0 Å². The number of carbonyl (C=O) groups excluding carboxylic acids is 1. The highest BCUT2D eigenvalue weighted by molar-refractivity contribution is 5.56. The topological polar surface area (TPSA) is 138 Å². The van der Waals surface area contributed by atoms with Gasteiger partial charge < -0.3 is 35.4 Å². The fraction of sp³-hybridized carbons (Fsp3) is 0.950. The molecule has 27 heavy (non-hydrogen) atoms. The Balaban J connectivity index is 0. The van der Waals surface area contributed by atoms with Crippen molar-refractivity contribution in [3.05, 3.63) is 0 Å². The molecule has 0 amide bonds. The maximum Gasteiger partial charge on any atom is 0.151 e. The van der Waals surface area contributed by atoms with Gasteiger partial charge in [-0.05, 0) is 6.42 Å². The summed E-state index contributed by atoms with van der Waals surface area (Å²) >= 11 is 0. The van der Waals surface area contributed by atoms with Crippen LogP contribution in [-0.4, -0.2) is 74.6 Å². The summed E-state index contributed by atoms with van der Waals surface area (Å²) in [5.41, 5.74) is 0. The minimum atomic E-state index is -1.79. The van der Waals surface area contributed by atoms with Gasteiger partial charge in [0.2, 0.25) is 0 Å². The van der Waals surface area contributed by atoms with E-state index in [-0.39, 0.29) is 6.29 Å². The zero-order valence-electron chi connectivity index (χ0n) is 16.9. The van der Waals surface area contributed by atoms with Crippen LogP contribution in [0.5, 0.6) is 0 Å². The van der Waals surface area contributed by atoms with Gasteiger partial charge in [-0.3, -0.25) is 0 Å².